The number of hydrogen-bond acceptors (Lipinski definition) is 9. The summed E-state index contributed by atoms with van der Waals surface area (Å²) in [6.45, 7) is -0.554. The number of carbonyl (C=O) groups excluding carboxylic acids is 1. The topological polar surface area (TPSA) is 149 Å². The lowest BCUT2D eigenvalue weighted by Gasteiger charge is -2.40. The standard InChI is InChI=1S/C14H17NO9/c1-22-14-12(11(18)10(17)9(6-16)23-14)24-13(19)7-2-4-8(5-3-7)15(20)21/h2-5,9-12,14,16-18H,6H2,1H3/t9-,10-,11+,12-,14+/m1/s1. The Morgan fingerprint density at radius 1 is 1.29 bits per heavy atom. The van der Waals surface area contributed by atoms with Gasteiger partial charge in [0.1, 0.15) is 18.3 Å². The maximum absolute atomic E-state index is 12.1. The number of nitro benzene ring substituents is 1. The highest BCUT2D eigenvalue weighted by Gasteiger charge is 2.46. The first kappa shape index (κ1) is 18.2. The summed E-state index contributed by atoms with van der Waals surface area (Å²) in [5.41, 5.74) is -0.176. The van der Waals surface area contributed by atoms with Crippen molar-refractivity contribution in [3.8, 4) is 0 Å². The lowest BCUT2D eigenvalue weighted by molar-refractivity contribution is -0.384. The summed E-state index contributed by atoms with van der Waals surface area (Å²) in [7, 11) is 1.25. The molecule has 1 heterocycles. The molecule has 0 aromatic heterocycles. The largest absolute Gasteiger partial charge is 0.450 e. The van der Waals surface area contributed by atoms with Crippen LogP contribution < -0.4 is 0 Å². The normalized spacial score (nSPS) is 29.9. The zero-order chi connectivity index (χ0) is 17.9. The van der Waals surface area contributed by atoms with Gasteiger partial charge in [-0.05, 0) is 12.1 Å². The first-order valence-electron chi connectivity index (χ1n) is 6.99. The first-order valence-corrected chi connectivity index (χ1v) is 6.99. The van der Waals surface area contributed by atoms with E-state index >= 15 is 0 Å². The van der Waals surface area contributed by atoms with Crippen LogP contribution in [0.2, 0.25) is 0 Å². The number of aliphatic hydroxyl groups is 3. The van der Waals surface area contributed by atoms with E-state index in [1.54, 1.807) is 0 Å². The molecule has 1 aliphatic heterocycles. The quantitative estimate of drug-likeness (QED) is 0.355. The van der Waals surface area contributed by atoms with Gasteiger partial charge in [-0.3, -0.25) is 10.1 Å². The van der Waals surface area contributed by atoms with E-state index in [0.717, 1.165) is 12.1 Å². The molecule has 0 bridgehead atoms. The first-order chi connectivity index (χ1) is 11.4. The third-order valence-corrected chi connectivity index (χ3v) is 3.61. The number of non-ortho nitro benzene ring substituents is 1. The van der Waals surface area contributed by atoms with Crippen molar-refractivity contribution >= 4 is 11.7 Å². The Balaban J connectivity index is 2.12. The van der Waals surface area contributed by atoms with Gasteiger partial charge in [-0.1, -0.05) is 0 Å². The number of carbonyl (C=O) groups is 1. The number of nitro groups is 1. The van der Waals surface area contributed by atoms with Crippen molar-refractivity contribution in [2.24, 2.45) is 0 Å². The number of hydrogen-bond donors (Lipinski definition) is 3. The molecule has 0 amide bonds. The lowest BCUT2D eigenvalue weighted by Crippen LogP contribution is -2.60. The van der Waals surface area contributed by atoms with Crippen LogP contribution in [-0.4, -0.2) is 70.6 Å². The van der Waals surface area contributed by atoms with Gasteiger partial charge in [-0.2, -0.15) is 0 Å². The van der Waals surface area contributed by atoms with Crippen molar-refractivity contribution in [1.29, 1.82) is 0 Å². The molecule has 0 radical (unpaired) electrons. The van der Waals surface area contributed by atoms with Crippen LogP contribution in [0.25, 0.3) is 0 Å². The average Bonchev–Trinajstić information content (AvgIpc) is 2.59. The summed E-state index contributed by atoms with van der Waals surface area (Å²) in [6.07, 6.45) is -6.63. The molecule has 0 spiro atoms. The predicted molar refractivity (Wildman–Crippen MR) is 77.1 cm³/mol. The molecule has 132 valence electrons. The maximum atomic E-state index is 12.1. The molecule has 1 aromatic rings. The molecule has 0 aliphatic carbocycles. The Hall–Kier alpha value is -2.11. The molecule has 2 rings (SSSR count). The van der Waals surface area contributed by atoms with Gasteiger partial charge in [0, 0.05) is 19.2 Å². The molecule has 0 saturated carbocycles. The van der Waals surface area contributed by atoms with Crippen LogP contribution in [0.15, 0.2) is 24.3 Å². The van der Waals surface area contributed by atoms with Crippen LogP contribution in [-0.2, 0) is 14.2 Å². The summed E-state index contributed by atoms with van der Waals surface area (Å²) in [5.74, 6) is -0.880. The van der Waals surface area contributed by atoms with Crippen LogP contribution in [0, 0.1) is 10.1 Å². The Kier molecular flexibility index (Phi) is 5.80. The molecule has 5 atom stereocenters. The Labute approximate surface area is 136 Å². The summed E-state index contributed by atoms with van der Waals surface area (Å²) >= 11 is 0. The summed E-state index contributed by atoms with van der Waals surface area (Å²) < 4.78 is 15.3. The van der Waals surface area contributed by atoms with E-state index in [0.29, 0.717) is 0 Å². The highest BCUT2D eigenvalue weighted by Crippen LogP contribution is 2.25. The van der Waals surface area contributed by atoms with Crippen LogP contribution in [0.4, 0.5) is 5.69 Å². The van der Waals surface area contributed by atoms with Crippen LogP contribution in [0.3, 0.4) is 0 Å². The SMILES string of the molecule is CO[C@H]1O[C@H](CO)[C@@H](O)[C@H](O)[C@H]1OC(=O)c1ccc([N+](=O)[O-])cc1. The van der Waals surface area contributed by atoms with Gasteiger partial charge in [0.2, 0.25) is 0 Å². The fourth-order valence-electron chi connectivity index (χ4n) is 2.28. The van der Waals surface area contributed by atoms with Crippen LogP contribution >= 0.6 is 0 Å². The van der Waals surface area contributed by atoms with Crippen LogP contribution in [0.5, 0.6) is 0 Å². The minimum Gasteiger partial charge on any atom is -0.450 e. The summed E-state index contributed by atoms with van der Waals surface area (Å²) in [6, 6.07) is 4.67. The Morgan fingerprint density at radius 2 is 1.92 bits per heavy atom. The molecular weight excluding hydrogens is 326 g/mol. The number of methoxy groups -OCH3 is 1. The molecule has 1 fully saturated rings. The average molecular weight is 343 g/mol. The van der Waals surface area contributed by atoms with Crippen molar-refractivity contribution in [2.45, 2.75) is 30.7 Å². The zero-order valence-electron chi connectivity index (χ0n) is 12.6. The van der Waals surface area contributed by atoms with Gasteiger partial charge < -0.3 is 29.5 Å². The van der Waals surface area contributed by atoms with Crippen molar-refractivity contribution in [3.05, 3.63) is 39.9 Å². The van der Waals surface area contributed by atoms with Gasteiger partial charge in [0.25, 0.3) is 5.69 Å². The molecule has 3 N–H and O–H groups in total. The van der Waals surface area contributed by atoms with E-state index < -0.39 is 48.2 Å². The highest BCUT2D eigenvalue weighted by atomic mass is 16.7. The smallest absolute Gasteiger partial charge is 0.338 e. The van der Waals surface area contributed by atoms with E-state index in [4.69, 9.17) is 19.3 Å². The predicted octanol–water partition coefficient (Wildman–Crippen LogP) is -0.794. The van der Waals surface area contributed by atoms with E-state index in [2.05, 4.69) is 0 Å². The van der Waals surface area contributed by atoms with Gasteiger partial charge in [0.05, 0.1) is 17.1 Å². The second kappa shape index (κ2) is 7.64. The van der Waals surface area contributed by atoms with Crippen molar-refractivity contribution in [2.75, 3.05) is 13.7 Å². The zero-order valence-corrected chi connectivity index (χ0v) is 12.6. The van der Waals surface area contributed by atoms with Crippen molar-refractivity contribution in [1.82, 2.24) is 0 Å². The second-order valence-corrected chi connectivity index (χ2v) is 5.12. The van der Waals surface area contributed by atoms with Gasteiger partial charge in [0.15, 0.2) is 12.4 Å². The molecule has 24 heavy (non-hydrogen) atoms. The lowest BCUT2D eigenvalue weighted by atomic mass is 9.99. The van der Waals surface area contributed by atoms with Gasteiger partial charge >= 0.3 is 5.97 Å². The minimum atomic E-state index is -1.54. The number of aliphatic hydroxyl groups excluding tert-OH is 3. The number of nitrogens with zero attached hydrogens (tertiary/aromatic N) is 1. The van der Waals surface area contributed by atoms with E-state index in [1.807, 2.05) is 0 Å². The summed E-state index contributed by atoms with van der Waals surface area (Å²) in [5, 5.41) is 39.6. The molecule has 10 nitrogen and oxygen atoms in total. The minimum absolute atomic E-state index is 0.0152. The molecule has 1 saturated heterocycles. The highest BCUT2D eigenvalue weighted by molar-refractivity contribution is 5.89. The van der Waals surface area contributed by atoms with E-state index in [-0.39, 0.29) is 11.3 Å². The maximum Gasteiger partial charge on any atom is 0.338 e. The fraction of sp³-hybridized carbons (Fsp3) is 0.500. The number of benzene rings is 1. The third-order valence-electron chi connectivity index (χ3n) is 3.61. The van der Waals surface area contributed by atoms with Gasteiger partial charge in [-0.25, -0.2) is 4.79 Å². The van der Waals surface area contributed by atoms with Crippen LogP contribution in [0.1, 0.15) is 10.4 Å². The molecule has 0 unspecified atom stereocenters. The fourth-order valence-corrected chi connectivity index (χ4v) is 2.28. The second-order valence-electron chi connectivity index (χ2n) is 5.12. The number of esters is 1. The van der Waals surface area contributed by atoms with Gasteiger partial charge in [-0.15, -0.1) is 0 Å². The molecule has 10 heteroatoms. The third kappa shape index (κ3) is 3.68. The monoisotopic (exact) mass is 343 g/mol. The molecule has 1 aromatic carbocycles. The van der Waals surface area contributed by atoms with Crippen molar-refractivity contribution in [3.63, 3.8) is 0 Å². The Morgan fingerprint density at radius 3 is 2.42 bits per heavy atom. The van der Waals surface area contributed by atoms with Crippen molar-refractivity contribution < 1.29 is 39.2 Å². The summed E-state index contributed by atoms with van der Waals surface area (Å²) in [4.78, 5) is 22.1. The Bertz CT molecular complexity index is 588. The number of rotatable bonds is 5. The molecular formula is C14H17NO9. The molecule has 1 aliphatic rings. The van der Waals surface area contributed by atoms with E-state index in [9.17, 15) is 25.1 Å². The van der Waals surface area contributed by atoms with E-state index in [1.165, 1.54) is 19.2 Å². The number of ether oxygens (including phenoxy) is 3.